The molecule has 1 amide bonds. The molecule has 0 bridgehead atoms. The molecule has 2 fully saturated rings. The van der Waals surface area contributed by atoms with Crippen molar-refractivity contribution in [1.82, 2.24) is 14.9 Å². The van der Waals surface area contributed by atoms with E-state index in [1.165, 1.54) is 6.07 Å². The van der Waals surface area contributed by atoms with Crippen molar-refractivity contribution in [2.75, 3.05) is 32.9 Å². The first-order chi connectivity index (χ1) is 13.7. The second-order valence-electron chi connectivity index (χ2n) is 7.40. The zero-order chi connectivity index (χ0) is 19.4. The van der Waals surface area contributed by atoms with Gasteiger partial charge in [0, 0.05) is 32.2 Å². The number of nitrogens with zero attached hydrogens (tertiary/aromatic N) is 3. The van der Waals surface area contributed by atoms with Crippen LogP contribution in [0.2, 0.25) is 0 Å². The first-order valence-corrected chi connectivity index (χ1v) is 9.66. The minimum atomic E-state index is -0.648. The van der Waals surface area contributed by atoms with E-state index in [1.54, 1.807) is 30.7 Å². The monoisotopic (exact) mass is 385 g/mol. The third-order valence-electron chi connectivity index (χ3n) is 5.66. The second kappa shape index (κ2) is 8.32. The predicted molar refractivity (Wildman–Crippen MR) is 99.9 cm³/mol. The highest BCUT2D eigenvalue weighted by Crippen LogP contribution is 2.38. The van der Waals surface area contributed by atoms with Crippen LogP contribution in [0.5, 0.6) is 0 Å². The van der Waals surface area contributed by atoms with Crippen molar-refractivity contribution in [3.63, 3.8) is 0 Å². The van der Waals surface area contributed by atoms with Crippen molar-refractivity contribution in [3.8, 4) is 0 Å². The summed E-state index contributed by atoms with van der Waals surface area (Å²) in [5.74, 6) is -0.211. The zero-order valence-electron chi connectivity index (χ0n) is 15.7. The molecule has 2 saturated heterocycles. The molecule has 148 valence electrons. The summed E-state index contributed by atoms with van der Waals surface area (Å²) in [4.78, 5) is 23.9. The van der Waals surface area contributed by atoms with E-state index in [1.807, 2.05) is 11.0 Å². The summed E-state index contributed by atoms with van der Waals surface area (Å²) in [7, 11) is 0. The fourth-order valence-corrected chi connectivity index (χ4v) is 4.06. The van der Waals surface area contributed by atoms with Gasteiger partial charge in [-0.3, -0.25) is 14.8 Å². The normalized spacial score (nSPS) is 22.0. The molecule has 1 aromatic heterocycles. The minimum absolute atomic E-state index is 0.0521. The number of hydrogen-bond donors (Lipinski definition) is 0. The lowest BCUT2D eigenvalue weighted by molar-refractivity contribution is -0.155. The van der Waals surface area contributed by atoms with Gasteiger partial charge in [0.1, 0.15) is 11.9 Å². The zero-order valence-corrected chi connectivity index (χ0v) is 15.7. The van der Waals surface area contributed by atoms with Crippen molar-refractivity contribution in [2.45, 2.75) is 25.4 Å². The van der Waals surface area contributed by atoms with Gasteiger partial charge in [-0.25, -0.2) is 4.39 Å². The molecule has 1 atom stereocenters. The second-order valence-corrected chi connectivity index (χ2v) is 7.40. The molecule has 2 aliphatic heterocycles. The van der Waals surface area contributed by atoms with E-state index in [0.29, 0.717) is 57.7 Å². The number of morpholine rings is 1. The molecule has 0 radical (unpaired) electrons. The van der Waals surface area contributed by atoms with E-state index < -0.39 is 5.41 Å². The highest BCUT2D eigenvalue weighted by molar-refractivity contribution is 5.83. The van der Waals surface area contributed by atoms with Crippen molar-refractivity contribution >= 4 is 5.91 Å². The maximum absolute atomic E-state index is 14.3. The van der Waals surface area contributed by atoms with Crippen LogP contribution in [0, 0.1) is 11.2 Å². The van der Waals surface area contributed by atoms with Crippen molar-refractivity contribution in [1.29, 1.82) is 0 Å². The number of benzene rings is 1. The van der Waals surface area contributed by atoms with Gasteiger partial charge < -0.3 is 14.4 Å². The van der Waals surface area contributed by atoms with Gasteiger partial charge in [0.25, 0.3) is 0 Å². The summed E-state index contributed by atoms with van der Waals surface area (Å²) in [5, 5.41) is 0. The molecule has 0 spiro atoms. The number of aromatic nitrogens is 2. The SMILES string of the molecule is O=C(N1CCO[C@@H](c2cnccn2)C1)C1(Cc2ccccc2F)CCOCC1. The maximum atomic E-state index is 14.3. The smallest absolute Gasteiger partial charge is 0.229 e. The largest absolute Gasteiger partial charge is 0.381 e. The highest BCUT2D eigenvalue weighted by atomic mass is 19.1. The highest BCUT2D eigenvalue weighted by Gasteiger charge is 2.44. The van der Waals surface area contributed by atoms with Gasteiger partial charge >= 0.3 is 0 Å². The lowest BCUT2D eigenvalue weighted by Gasteiger charge is -2.42. The molecule has 1 aromatic carbocycles. The number of halogens is 1. The quantitative estimate of drug-likeness (QED) is 0.809. The number of carbonyl (C=O) groups excluding carboxylic acids is 1. The standard InChI is InChI=1S/C21H24FN3O3/c22-17-4-2-1-3-16(17)13-21(5-10-27-11-6-21)20(26)25-9-12-28-19(15-25)18-14-23-7-8-24-18/h1-4,7-8,14,19H,5-6,9-13,15H2/t19-/m1/s1. The molecule has 0 aliphatic carbocycles. The molecule has 7 heteroatoms. The van der Waals surface area contributed by atoms with Gasteiger partial charge in [-0.15, -0.1) is 0 Å². The molecule has 6 nitrogen and oxygen atoms in total. The Balaban J connectivity index is 1.56. The van der Waals surface area contributed by atoms with Crippen LogP contribution < -0.4 is 0 Å². The van der Waals surface area contributed by atoms with Gasteiger partial charge in [-0.05, 0) is 30.9 Å². The van der Waals surface area contributed by atoms with E-state index in [0.717, 1.165) is 5.69 Å². The van der Waals surface area contributed by atoms with E-state index in [9.17, 15) is 9.18 Å². The van der Waals surface area contributed by atoms with Gasteiger partial charge in [0.05, 0.1) is 30.5 Å². The molecule has 3 heterocycles. The Morgan fingerprint density at radius 3 is 2.79 bits per heavy atom. The Morgan fingerprint density at radius 2 is 2.04 bits per heavy atom. The Kier molecular flexibility index (Phi) is 5.64. The Morgan fingerprint density at radius 1 is 1.21 bits per heavy atom. The van der Waals surface area contributed by atoms with Gasteiger partial charge in [0.15, 0.2) is 0 Å². The maximum Gasteiger partial charge on any atom is 0.229 e. The summed E-state index contributed by atoms with van der Waals surface area (Å²) in [6.07, 6.45) is 6.17. The molecule has 0 unspecified atom stereocenters. The summed E-state index contributed by atoms with van der Waals surface area (Å²) in [6, 6.07) is 6.70. The van der Waals surface area contributed by atoms with Crippen LogP contribution in [0.15, 0.2) is 42.9 Å². The third-order valence-corrected chi connectivity index (χ3v) is 5.66. The first kappa shape index (κ1) is 19.0. The average molecular weight is 385 g/mol. The summed E-state index contributed by atoms with van der Waals surface area (Å²) >= 11 is 0. The molecule has 2 aliphatic rings. The van der Waals surface area contributed by atoms with Crippen LogP contribution in [0.25, 0.3) is 0 Å². The molecular weight excluding hydrogens is 361 g/mol. The number of ether oxygens (including phenoxy) is 2. The predicted octanol–water partition coefficient (Wildman–Crippen LogP) is 2.56. The molecule has 4 rings (SSSR count). The van der Waals surface area contributed by atoms with Crippen molar-refractivity contribution < 1.29 is 18.7 Å². The lowest BCUT2D eigenvalue weighted by atomic mass is 9.73. The topological polar surface area (TPSA) is 64.6 Å². The van der Waals surface area contributed by atoms with Crippen LogP contribution in [0.4, 0.5) is 4.39 Å². The average Bonchev–Trinajstić information content (AvgIpc) is 2.76. The van der Waals surface area contributed by atoms with E-state index >= 15 is 0 Å². The van der Waals surface area contributed by atoms with Crippen LogP contribution in [0.3, 0.4) is 0 Å². The Hall–Kier alpha value is -2.38. The van der Waals surface area contributed by atoms with Crippen LogP contribution >= 0.6 is 0 Å². The summed E-state index contributed by atoms with van der Waals surface area (Å²) in [5.41, 5.74) is 0.650. The number of hydrogen-bond acceptors (Lipinski definition) is 5. The van der Waals surface area contributed by atoms with E-state index in [4.69, 9.17) is 9.47 Å². The fraction of sp³-hybridized carbons (Fsp3) is 0.476. The van der Waals surface area contributed by atoms with Crippen molar-refractivity contribution in [3.05, 3.63) is 59.9 Å². The molecule has 2 aromatic rings. The van der Waals surface area contributed by atoms with Crippen LogP contribution in [0.1, 0.15) is 30.2 Å². The molecule has 28 heavy (non-hydrogen) atoms. The minimum Gasteiger partial charge on any atom is -0.381 e. The first-order valence-electron chi connectivity index (χ1n) is 9.66. The molecule has 0 saturated carbocycles. The lowest BCUT2D eigenvalue weighted by Crippen LogP contribution is -2.52. The van der Waals surface area contributed by atoms with Gasteiger partial charge in [0.2, 0.25) is 5.91 Å². The van der Waals surface area contributed by atoms with Crippen molar-refractivity contribution in [2.24, 2.45) is 5.41 Å². The van der Waals surface area contributed by atoms with Crippen LogP contribution in [-0.2, 0) is 20.7 Å². The number of carbonyl (C=O) groups is 1. The van der Waals surface area contributed by atoms with Gasteiger partial charge in [-0.2, -0.15) is 0 Å². The summed E-state index contributed by atoms with van der Waals surface area (Å²) in [6.45, 7) is 2.42. The fourth-order valence-electron chi connectivity index (χ4n) is 4.06. The Labute approximate surface area is 163 Å². The summed E-state index contributed by atoms with van der Waals surface area (Å²) < 4.78 is 25.6. The van der Waals surface area contributed by atoms with E-state index in [-0.39, 0.29) is 17.8 Å². The number of rotatable bonds is 4. The van der Waals surface area contributed by atoms with Gasteiger partial charge in [-0.1, -0.05) is 18.2 Å². The van der Waals surface area contributed by atoms with Crippen LogP contribution in [-0.4, -0.2) is 53.7 Å². The Bertz CT molecular complexity index is 812. The number of amides is 1. The third kappa shape index (κ3) is 3.91. The molecule has 0 N–H and O–H groups in total. The molecular formula is C21H24FN3O3. The van der Waals surface area contributed by atoms with E-state index in [2.05, 4.69) is 9.97 Å².